The van der Waals surface area contributed by atoms with Crippen LogP contribution >= 0.6 is 0 Å². The van der Waals surface area contributed by atoms with Gasteiger partial charge in [-0.2, -0.15) is 0 Å². The van der Waals surface area contributed by atoms with Crippen molar-refractivity contribution in [3.05, 3.63) is 0 Å². The molecule has 4 heteroatoms. The SMILES string of the molecule is CCCCC(C[SiH2]OC)[SiH2]OC. The standard InChI is InChI=1S/C8H22O2Si2/c1-4-5-6-8(12-10-3)7-11-9-2/h8H,4-7,11-12H2,1-3H3. The zero-order valence-corrected chi connectivity index (χ0v) is 11.5. The summed E-state index contributed by atoms with van der Waals surface area (Å²) < 4.78 is 10.5. The summed E-state index contributed by atoms with van der Waals surface area (Å²) in [6.45, 7) is 2.25. The van der Waals surface area contributed by atoms with Gasteiger partial charge in [-0.1, -0.05) is 26.2 Å². The van der Waals surface area contributed by atoms with Crippen molar-refractivity contribution < 1.29 is 8.85 Å². The number of rotatable bonds is 8. The van der Waals surface area contributed by atoms with Crippen LogP contribution in [0, 0.1) is 0 Å². The number of hydrogen-bond acceptors (Lipinski definition) is 2. The van der Waals surface area contributed by atoms with Gasteiger partial charge in [-0.25, -0.2) is 0 Å². The van der Waals surface area contributed by atoms with Crippen LogP contribution in [0.2, 0.25) is 11.6 Å². The van der Waals surface area contributed by atoms with Gasteiger partial charge in [0.25, 0.3) is 0 Å². The molecule has 0 heterocycles. The lowest BCUT2D eigenvalue weighted by molar-refractivity contribution is 0.417. The molecule has 0 aromatic carbocycles. The fourth-order valence-corrected chi connectivity index (χ4v) is 4.28. The summed E-state index contributed by atoms with van der Waals surface area (Å²) >= 11 is 0. The molecule has 0 aromatic heterocycles. The highest BCUT2D eigenvalue weighted by molar-refractivity contribution is 6.36. The molecule has 0 rings (SSSR count). The van der Waals surface area contributed by atoms with Crippen molar-refractivity contribution in [1.29, 1.82) is 0 Å². The summed E-state index contributed by atoms with van der Waals surface area (Å²) in [7, 11) is 3.21. The van der Waals surface area contributed by atoms with E-state index in [0.717, 1.165) is 5.54 Å². The Morgan fingerprint density at radius 3 is 2.50 bits per heavy atom. The average Bonchev–Trinajstić information content (AvgIpc) is 2.10. The van der Waals surface area contributed by atoms with Crippen molar-refractivity contribution in [3.8, 4) is 0 Å². The van der Waals surface area contributed by atoms with E-state index in [1.807, 2.05) is 14.2 Å². The predicted molar refractivity (Wildman–Crippen MR) is 59.2 cm³/mol. The first-order valence-electron chi connectivity index (χ1n) is 4.83. The first-order valence-corrected chi connectivity index (χ1v) is 7.80. The maximum atomic E-state index is 5.30. The van der Waals surface area contributed by atoms with Crippen molar-refractivity contribution >= 4 is 19.5 Å². The van der Waals surface area contributed by atoms with Crippen LogP contribution in [0.5, 0.6) is 0 Å². The topological polar surface area (TPSA) is 18.5 Å². The monoisotopic (exact) mass is 206 g/mol. The molecule has 0 aliphatic carbocycles. The Bertz CT molecular complexity index is 83.1. The average molecular weight is 206 g/mol. The smallest absolute Gasteiger partial charge is 0.163 e. The van der Waals surface area contributed by atoms with Crippen LogP contribution in [-0.2, 0) is 8.85 Å². The van der Waals surface area contributed by atoms with E-state index in [-0.39, 0.29) is 19.5 Å². The lowest BCUT2D eigenvalue weighted by Crippen LogP contribution is -2.09. The molecule has 0 aliphatic rings. The van der Waals surface area contributed by atoms with Crippen molar-refractivity contribution in [3.63, 3.8) is 0 Å². The van der Waals surface area contributed by atoms with Crippen molar-refractivity contribution in [2.24, 2.45) is 0 Å². The predicted octanol–water partition coefficient (Wildman–Crippen LogP) is 0.844. The highest BCUT2D eigenvalue weighted by Crippen LogP contribution is 2.18. The quantitative estimate of drug-likeness (QED) is 0.548. The maximum absolute atomic E-state index is 5.30. The van der Waals surface area contributed by atoms with E-state index in [9.17, 15) is 0 Å². The molecule has 74 valence electrons. The van der Waals surface area contributed by atoms with Crippen molar-refractivity contribution in [2.45, 2.75) is 37.8 Å². The molecule has 0 spiro atoms. The molecular formula is C8H22O2Si2. The molecular weight excluding hydrogens is 184 g/mol. The maximum Gasteiger partial charge on any atom is 0.163 e. The molecule has 2 nitrogen and oxygen atoms in total. The normalized spacial score (nSPS) is 15.2. The minimum Gasteiger partial charge on any atom is -0.427 e. The highest BCUT2D eigenvalue weighted by Gasteiger charge is 2.08. The van der Waals surface area contributed by atoms with E-state index >= 15 is 0 Å². The lowest BCUT2D eigenvalue weighted by atomic mass is 10.2. The van der Waals surface area contributed by atoms with E-state index < -0.39 is 0 Å². The third-order valence-corrected chi connectivity index (χ3v) is 6.00. The van der Waals surface area contributed by atoms with Gasteiger partial charge in [0, 0.05) is 14.2 Å². The highest BCUT2D eigenvalue weighted by atomic mass is 28.2. The second kappa shape index (κ2) is 9.44. The van der Waals surface area contributed by atoms with Crippen LogP contribution in [-0.4, -0.2) is 33.7 Å². The molecule has 12 heavy (non-hydrogen) atoms. The van der Waals surface area contributed by atoms with E-state index in [4.69, 9.17) is 8.85 Å². The van der Waals surface area contributed by atoms with Gasteiger partial charge in [-0.3, -0.25) is 0 Å². The van der Waals surface area contributed by atoms with E-state index in [0.29, 0.717) is 0 Å². The van der Waals surface area contributed by atoms with Gasteiger partial charge in [0.1, 0.15) is 0 Å². The molecule has 0 aromatic rings. The first-order chi connectivity index (χ1) is 5.85. The van der Waals surface area contributed by atoms with Crippen LogP contribution in [0.3, 0.4) is 0 Å². The molecule has 0 bridgehead atoms. The molecule has 0 saturated carbocycles. The van der Waals surface area contributed by atoms with Crippen LogP contribution in [0.1, 0.15) is 26.2 Å². The summed E-state index contributed by atoms with van der Waals surface area (Å²) in [6, 6.07) is 1.33. The van der Waals surface area contributed by atoms with Crippen LogP contribution < -0.4 is 0 Å². The van der Waals surface area contributed by atoms with Gasteiger partial charge in [0.15, 0.2) is 19.5 Å². The lowest BCUT2D eigenvalue weighted by Gasteiger charge is -2.13. The summed E-state index contributed by atoms with van der Waals surface area (Å²) in [5.74, 6) is 0. The Hall–Kier alpha value is 0.354. The first kappa shape index (κ1) is 12.4. The molecule has 0 fully saturated rings. The minimum atomic E-state index is -0.250. The second-order valence-electron chi connectivity index (χ2n) is 3.25. The van der Waals surface area contributed by atoms with Crippen LogP contribution in [0.25, 0.3) is 0 Å². The number of unbranched alkanes of at least 4 members (excludes halogenated alkanes) is 1. The second-order valence-corrected chi connectivity index (χ2v) is 6.87. The summed E-state index contributed by atoms with van der Waals surface area (Å²) in [5.41, 5.74) is 0.890. The fraction of sp³-hybridized carbons (Fsp3) is 1.00. The minimum absolute atomic E-state index is 0.219. The van der Waals surface area contributed by atoms with Crippen LogP contribution in [0.15, 0.2) is 0 Å². The van der Waals surface area contributed by atoms with Crippen molar-refractivity contribution in [1.82, 2.24) is 0 Å². The van der Waals surface area contributed by atoms with Crippen LogP contribution in [0.4, 0.5) is 0 Å². The summed E-state index contributed by atoms with van der Waals surface area (Å²) in [6.07, 6.45) is 4.04. The third kappa shape index (κ3) is 7.03. The van der Waals surface area contributed by atoms with E-state index in [1.54, 1.807) is 0 Å². The molecule has 1 atom stereocenters. The molecule has 0 radical (unpaired) electrons. The van der Waals surface area contributed by atoms with Gasteiger partial charge in [0.2, 0.25) is 0 Å². The van der Waals surface area contributed by atoms with Gasteiger partial charge in [-0.15, -0.1) is 0 Å². The molecule has 0 amide bonds. The largest absolute Gasteiger partial charge is 0.427 e. The zero-order chi connectivity index (χ0) is 9.23. The summed E-state index contributed by atoms with van der Waals surface area (Å²) in [5, 5.41) is 0. The Kier molecular flexibility index (Phi) is 9.72. The van der Waals surface area contributed by atoms with Gasteiger partial charge >= 0.3 is 0 Å². The van der Waals surface area contributed by atoms with E-state index in [2.05, 4.69) is 6.92 Å². The molecule has 1 unspecified atom stereocenters. The Morgan fingerprint density at radius 1 is 1.25 bits per heavy atom. The molecule has 0 N–H and O–H groups in total. The summed E-state index contributed by atoms with van der Waals surface area (Å²) in [4.78, 5) is 0. The van der Waals surface area contributed by atoms with Gasteiger partial charge < -0.3 is 8.85 Å². The Labute approximate surface area is 80.9 Å². The molecule has 0 aliphatic heterocycles. The third-order valence-electron chi connectivity index (χ3n) is 2.10. The zero-order valence-electron chi connectivity index (χ0n) is 8.64. The fourth-order valence-electron chi connectivity index (χ4n) is 1.32. The van der Waals surface area contributed by atoms with E-state index in [1.165, 1.54) is 25.3 Å². The number of hydrogen-bond donors (Lipinski definition) is 0. The van der Waals surface area contributed by atoms with Crippen molar-refractivity contribution in [2.75, 3.05) is 14.2 Å². The molecule has 0 saturated heterocycles. The van der Waals surface area contributed by atoms with Gasteiger partial charge in [-0.05, 0) is 11.6 Å². The van der Waals surface area contributed by atoms with Gasteiger partial charge in [0.05, 0.1) is 0 Å². The Morgan fingerprint density at radius 2 is 2.00 bits per heavy atom. The Balaban J connectivity index is 3.40.